The van der Waals surface area contributed by atoms with Crippen molar-refractivity contribution in [2.75, 3.05) is 14.2 Å². The normalized spacial score (nSPS) is 10.6. The van der Waals surface area contributed by atoms with Gasteiger partial charge in [-0.05, 0) is 30.3 Å². The monoisotopic (exact) mass is 406 g/mol. The number of esters is 1. The molecule has 0 atom stereocenters. The number of carbonyl (C=O) groups is 1. The first-order chi connectivity index (χ1) is 13.5. The number of benzene rings is 2. The van der Waals surface area contributed by atoms with Gasteiger partial charge in [0.05, 0.1) is 20.6 Å². The standard InChI is InChI=1S/C19H16ClFN2O5/c1-25-15-7-6-11(8-16(15)26-2)19-22-17(28-23-19)10-27-18(24)9-12-13(20)4-3-5-14(12)21/h3-8H,9-10H2,1-2H3. The molecule has 3 rings (SSSR count). The van der Waals surface area contributed by atoms with Crippen LogP contribution in [-0.4, -0.2) is 30.3 Å². The van der Waals surface area contributed by atoms with Crippen LogP contribution in [0.1, 0.15) is 11.5 Å². The molecule has 146 valence electrons. The van der Waals surface area contributed by atoms with E-state index in [9.17, 15) is 9.18 Å². The van der Waals surface area contributed by atoms with Crippen molar-refractivity contribution >= 4 is 17.6 Å². The lowest BCUT2D eigenvalue weighted by Gasteiger charge is -2.07. The van der Waals surface area contributed by atoms with Gasteiger partial charge in [0.2, 0.25) is 5.82 Å². The Bertz CT molecular complexity index is 972. The minimum absolute atomic E-state index is 0.0747. The molecule has 0 aliphatic rings. The molecule has 9 heteroatoms. The largest absolute Gasteiger partial charge is 0.493 e. The van der Waals surface area contributed by atoms with Gasteiger partial charge in [-0.3, -0.25) is 4.79 Å². The van der Waals surface area contributed by atoms with Crippen molar-refractivity contribution in [1.29, 1.82) is 0 Å². The summed E-state index contributed by atoms with van der Waals surface area (Å²) in [6, 6.07) is 9.33. The van der Waals surface area contributed by atoms with Crippen LogP contribution in [0.4, 0.5) is 4.39 Å². The second-order valence-electron chi connectivity index (χ2n) is 5.62. The van der Waals surface area contributed by atoms with Crippen LogP contribution >= 0.6 is 11.6 Å². The highest BCUT2D eigenvalue weighted by Gasteiger charge is 2.16. The molecule has 0 saturated heterocycles. The van der Waals surface area contributed by atoms with E-state index in [1.54, 1.807) is 18.2 Å². The maximum atomic E-state index is 13.7. The first kappa shape index (κ1) is 19.6. The third-order valence-electron chi connectivity index (χ3n) is 3.85. The van der Waals surface area contributed by atoms with Gasteiger partial charge in [0.25, 0.3) is 5.89 Å². The fourth-order valence-electron chi connectivity index (χ4n) is 2.44. The molecule has 0 aliphatic carbocycles. The molecule has 0 bridgehead atoms. The lowest BCUT2D eigenvalue weighted by Crippen LogP contribution is -2.09. The van der Waals surface area contributed by atoms with Crippen molar-refractivity contribution in [3.8, 4) is 22.9 Å². The molecule has 0 fully saturated rings. The highest BCUT2D eigenvalue weighted by Crippen LogP contribution is 2.31. The second-order valence-corrected chi connectivity index (χ2v) is 6.03. The Labute approximate surface area is 165 Å². The van der Waals surface area contributed by atoms with Crippen LogP contribution in [0.15, 0.2) is 40.9 Å². The molecule has 1 aromatic heterocycles. The summed E-state index contributed by atoms with van der Waals surface area (Å²) < 4.78 is 34.3. The maximum absolute atomic E-state index is 13.7. The predicted molar refractivity (Wildman–Crippen MR) is 97.7 cm³/mol. The van der Waals surface area contributed by atoms with Crippen LogP contribution in [0.3, 0.4) is 0 Å². The molecule has 0 spiro atoms. The molecule has 0 N–H and O–H groups in total. The Balaban J connectivity index is 1.64. The predicted octanol–water partition coefficient (Wildman–Crippen LogP) is 3.83. The van der Waals surface area contributed by atoms with Crippen molar-refractivity contribution in [2.24, 2.45) is 0 Å². The van der Waals surface area contributed by atoms with E-state index in [1.807, 2.05) is 0 Å². The Morgan fingerprint density at radius 3 is 2.68 bits per heavy atom. The van der Waals surface area contributed by atoms with E-state index in [-0.39, 0.29) is 29.5 Å². The lowest BCUT2D eigenvalue weighted by atomic mass is 10.1. The van der Waals surface area contributed by atoms with Crippen LogP contribution < -0.4 is 9.47 Å². The van der Waals surface area contributed by atoms with Crippen molar-refractivity contribution in [2.45, 2.75) is 13.0 Å². The Kier molecular flexibility index (Phi) is 6.10. The molecular formula is C19H16ClFN2O5. The Morgan fingerprint density at radius 1 is 1.18 bits per heavy atom. The van der Waals surface area contributed by atoms with Crippen molar-refractivity contribution in [3.05, 3.63) is 58.7 Å². The van der Waals surface area contributed by atoms with Gasteiger partial charge in [0.15, 0.2) is 18.1 Å². The number of halogens is 2. The summed E-state index contributed by atoms with van der Waals surface area (Å²) in [5, 5.41) is 4.01. The lowest BCUT2D eigenvalue weighted by molar-refractivity contribution is -0.144. The van der Waals surface area contributed by atoms with Gasteiger partial charge in [-0.1, -0.05) is 22.8 Å². The zero-order valence-corrected chi connectivity index (χ0v) is 15.8. The van der Waals surface area contributed by atoms with Crippen LogP contribution in [0.5, 0.6) is 11.5 Å². The van der Waals surface area contributed by atoms with Gasteiger partial charge >= 0.3 is 5.97 Å². The SMILES string of the molecule is COc1ccc(-c2noc(COC(=O)Cc3c(F)cccc3Cl)n2)cc1OC. The number of ether oxygens (including phenoxy) is 3. The Morgan fingerprint density at radius 2 is 1.96 bits per heavy atom. The van der Waals surface area contributed by atoms with Crippen LogP contribution in [0, 0.1) is 5.82 Å². The average molecular weight is 407 g/mol. The molecule has 7 nitrogen and oxygen atoms in total. The number of hydrogen-bond acceptors (Lipinski definition) is 7. The highest BCUT2D eigenvalue weighted by molar-refractivity contribution is 6.31. The third kappa shape index (κ3) is 4.40. The number of methoxy groups -OCH3 is 2. The molecule has 0 unspecified atom stereocenters. The topological polar surface area (TPSA) is 83.7 Å². The summed E-state index contributed by atoms with van der Waals surface area (Å²) in [6.07, 6.45) is -0.303. The van der Waals surface area contributed by atoms with E-state index in [0.717, 1.165) is 0 Å². The minimum atomic E-state index is -0.669. The first-order valence-electron chi connectivity index (χ1n) is 8.15. The molecule has 2 aromatic carbocycles. The maximum Gasteiger partial charge on any atom is 0.310 e. The first-order valence-corrected chi connectivity index (χ1v) is 8.53. The van der Waals surface area contributed by atoms with Gasteiger partial charge in [-0.25, -0.2) is 4.39 Å². The summed E-state index contributed by atoms with van der Waals surface area (Å²) >= 11 is 5.90. The van der Waals surface area contributed by atoms with Gasteiger partial charge in [-0.2, -0.15) is 4.98 Å². The van der Waals surface area contributed by atoms with Crippen molar-refractivity contribution in [3.63, 3.8) is 0 Å². The second kappa shape index (κ2) is 8.71. The van der Waals surface area contributed by atoms with Crippen molar-refractivity contribution in [1.82, 2.24) is 10.1 Å². The van der Waals surface area contributed by atoms with Crippen molar-refractivity contribution < 1.29 is 27.9 Å². The highest BCUT2D eigenvalue weighted by atomic mass is 35.5. The van der Waals surface area contributed by atoms with Crippen LogP contribution in [-0.2, 0) is 22.6 Å². The van der Waals surface area contributed by atoms with Gasteiger partial charge in [0.1, 0.15) is 5.82 Å². The molecule has 0 saturated carbocycles. The number of nitrogens with zero attached hydrogens (tertiary/aromatic N) is 2. The number of rotatable bonds is 7. The van der Waals surface area contributed by atoms with E-state index >= 15 is 0 Å². The minimum Gasteiger partial charge on any atom is -0.493 e. The Hall–Kier alpha value is -3.13. The summed E-state index contributed by atoms with van der Waals surface area (Å²) in [4.78, 5) is 16.1. The van der Waals surface area contributed by atoms with E-state index < -0.39 is 11.8 Å². The molecule has 0 amide bonds. The molecular weight excluding hydrogens is 391 g/mol. The molecule has 1 heterocycles. The fourth-order valence-corrected chi connectivity index (χ4v) is 2.67. The van der Waals surface area contributed by atoms with E-state index in [0.29, 0.717) is 22.9 Å². The number of hydrogen-bond donors (Lipinski definition) is 0. The smallest absolute Gasteiger partial charge is 0.310 e. The van der Waals surface area contributed by atoms with Gasteiger partial charge in [-0.15, -0.1) is 0 Å². The molecule has 0 aliphatic heterocycles. The summed E-state index contributed by atoms with van der Waals surface area (Å²) in [5.74, 6) is 0.230. The molecule has 28 heavy (non-hydrogen) atoms. The fraction of sp³-hybridized carbons (Fsp3) is 0.211. The summed E-state index contributed by atoms with van der Waals surface area (Å²) in [7, 11) is 3.05. The average Bonchev–Trinajstić information content (AvgIpc) is 3.18. The van der Waals surface area contributed by atoms with E-state index in [2.05, 4.69) is 10.1 Å². The zero-order valence-electron chi connectivity index (χ0n) is 15.1. The quantitative estimate of drug-likeness (QED) is 0.551. The number of aromatic nitrogens is 2. The summed E-state index contributed by atoms with van der Waals surface area (Å²) in [5.41, 5.74) is 0.711. The summed E-state index contributed by atoms with van der Waals surface area (Å²) in [6.45, 7) is -0.245. The van der Waals surface area contributed by atoms with E-state index in [4.69, 9.17) is 30.3 Å². The van der Waals surface area contributed by atoms with Gasteiger partial charge < -0.3 is 18.7 Å². The molecule has 3 aromatic rings. The van der Waals surface area contributed by atoms with E-state index in [1.165, 1.54) is 32.4 Å². The van der Waals surface area contributed by atoms with Gasteiger partial charge in [0, 0.05) is 16.1 Å². The zero-order chi connectivity index (χ0) is 20.1. The number of carbonyl (C=O) groups excluding carboxylic acids is 1. The molecule has 0 radical (unpaired) electrons. The van der Waals surface area contributed by atoms with Crippen LogP contribution in [0.25, 0.3) is 11.4 Å². The van der Waals surface area contributed by atoms with Crippen LogP contribution in [0.2, 0.25) is 5.02 Å². The third-order valence-corrected chi connectivity index (χ3v) is 4.20.